The minimum Gasteiger partial charge on any atom is -0.356 e. The Morgan fingerprint density at radius 2 is 1.69 bits per heavy atom. The van der Waals surface area contributed by atoms with Gasteiger partial charge in [-0.05, 0) is 76.2 Å². The summed E-state index contributed by atoms with van der Waals surface area (Å²) in [6.07, 6.45) is 9.17. The summed E-state index contributed by atoms with van der Waals surface area (Å²) < 4.78 is 0. The quantitative estimate of drug-likeness (QED) is 0.391. The molecule has 5 rings (SSSR count). The summed E-state index contributed by atoms with van der Waals surface area (Å²) >= 11 is 0. The molecular formula is C32H43N3O. The number of amides is 1. The minimum absolute atomic E-state index is 0.00276. The van der Waals surface area contributed by atoms with Gasteiger partial charge in [0.2, 0.25) is 5.91 Å². The van der Waals surface area contributed by atoms with E-state index in [1.54, 1.807) is 0 Å². The second-order valence-corrected chi connectivity index (χ2v) is 11.3. The molecule has 1 aliphatic carbocycles. The van der Waals surface area contributed by atoms with E-state index in [0.29, 0.717) is 5.91 Å². The SMILES string of the molecule is CCCCC(CC)C(=O)N1CCc2c([nH]c3ccccc23)C12CCC(c1ccccc1)(N(C)C)CC2. The van der Waals surface area contributed by atoms with Crippen LogP contribution in [0.4, 0.5) is 0 Å². The predicted molar refractivity (Wildman–Crippen MR) is 149 cm³/mol. The number of nitrogens with zero attached hydrogens (tertiary/aromatic N) is 2. The number of unbranched alkanes of at least 4 members (excludes halogenated alkanes) is 1. The molecule has 192 valence electrons. The summed E-state index contributed by atoms with van der Waals surface area (Å²) in [6.45, 7) is 5.25. The van der Waals surface area contributed by atoms with E-state index < -0.39 is 0 Å². The molecule has 2 aromatic carbocycles. The molecule has 1 N–H and O–H groups in total. The Bertz CT molecular complexity index is 1190. The zero-order chi connectivity index (χ0) is 25.3. The summed E-state index contributed by atoms with van der Waals surface area (Å²) in [5, 5.41) is 1.34. The molecular weight excluding hydrogens is 442 g/mol. The van der Waals surface area contributed by atoms with Crippen LogP contribution in [0.3, 0.4) is 0 Å². The van der Waals surface area contributed by atoms with E-state index in [4.69, 9.17) is 0 Å². The van der Waals surface area contributed by atoms with Gasteiger partial charge >= 0.3 is 0 Å². The molecule has 1 atom stereocenters. The molecule has 1 amide bonds. The Kier molecular flexibility index (Phi) is 7.00. The van der Waals surface area contributed by atoms with Crippen molar-refractivity contribution in [2.45, 2.75) is 82.7 Å². The first-order valence-corrected chi connectivity index (χ1v) is 14.1. The number of rotatable bonds is 7. The highest BCUT2D eigenvalue weighted by Gasteiger charge is 2.53. The van der Waals surface area contributed by atoms with Crippen molar-refractivity contribution in [2.75, 3.05) is 20.6 Å². The van der Waals surface area contributed by atoms with Crippen LogP contribution in [0.5, 0.6) is 0 Å². The van der Waals surface area contributed by atoms with Gasteiger partial charge in [-0.3, -0.25) is 9.69 Å². The van der Waals surface area contributed by atoms with Crippen molar-refractivity contribution in [3.63, 3.8) is 0 Å². The third-order valence-corrected chi connectivity index (χ3v) is 9.47. The van der Waals surface area contributed by atoms with E-state index in [1.165, 1.54) is 27.7 Å². The van der Waals surface area contributed by atoms with Gasteiger partial charge in [0, 0.05) is 34.6 Å². The molecule has 1 fully saturated rings. The fourth-order valence-electron chi connectivity index (χ4n) is 7.26. The smallest absolute Gasteiger partial charge is 0.226 e. The van der Waals surface area contributed by atoms with Crippen molar-refractivity contribution in [3.05, 3.63) is 71.4 Å². The first-order valence-electron chi connectivity index (χ1n) is 14.1. The summed E-state index contributed by atoms with van der Waals surface area (Å²) in [5.74, 6) is 0.509. The molecule has 0 bridgehead atoms. The monoisotopic (exact) mass is 485 g/mol. The number of para-hydroxylation sites is 1. The molecule has 2 heterocycles. The molecule has 1 saturated carbocycles. The number of nitrogens with one attached hydrogen (secondary N) is 1. The lowest BCUT2D eigenvalue weighted by Crippen LogP contribution is -2.59. The number of fused-ring (bicyclic) bond motifs is 4. The van der Waals surface area contributed by atoms with E-state index in [9.17, 15) is 4.79 Å². The van der Waals surface area contributed by atoms with Crippen LogP contribution in [0.1, 0.15) is 82.0 Å². The number of carbonyl (C=O) groups excluding carboxylic acids is 1. The molecule has 1 spiro atoms. The second kappa shape index (κ2) is 10.0. The normalized spacial score (nSPS) is 24.9. The number of aromatic nitrogens is 1. The maximum absolute atomic E-state index is 14.2. The van der Waals surface area contributed by atoms with Gasteiger partial charge in [0.15, 0.2) is 0 Å². The second-order valence-electron chi connectivity index (χ2n) is 11.3. The lowest BCUT2D eigenvalue weighted by Gasteiger charge is -2.55. The topological polar surface area (TPSA) is 39.3 Å². The lowest BCUT2D eigenvalue weighted by molar-refractivity contribution is -0.148. The highest BCUT2D eigenvalue weighted by molar-refractivity contribution is 5.87. The van der Waals surface area contributed by atoms with E-state index >= 15 is 0 Å². The van der Waals surface area contributed by atoms with Crippen LogP contribution >= 0.6 is 0 Å². The average Bonchev–Trinajstić information content (AvgIpc) is 3.30. The van der Waals surface area contributed by atoms with Crippen molar-refractivity contribution >= 4 is 16.8 Å². The zero-order valence-electron chi connectivity index (χ0n) is 22.6. The van der Waals surface area contributed by atoms with Gasteiger partial charge in [-0.1, -0.05) is 75.2 Å². The van der Waals surface area contributed by atoms with Crippen LogP contribution < -0.4 is 0 Å². The first kappa shape index (κ1) is 25.1. The number of aromatic amines is 1. The third kappa shape index (κ3) is 3.98. The van der Waals surface area contributed by atoms with E-state index in [2.05, 4.69) is 97.3 Å². The summed E-state index contributed by atoms with van der Waals surface area (Å²) in [7, 11) is 4.45. The van der Waals surface area contributed by atoms with Gasteiger partial charge in [-0.2, -0.15) is 0 Å². The van der Waals surface area contributed by atoms with Crippen LogP contribution in [-0.4, -0.2) is 41.3 Å². The van der Waals surface area contributed by atoms with Crippen molar-refractivity contribution in [1.29, 1.82) is 0 Å². The van der Waals surface area contributed by atoms with Crippen LogP contribution in [0, 0.1) is 5.92 Å². The van der Waals surface area contributed by atoms with Gasteiger partial charge in [-0.25, -0.2) is 0 Å². The van der Waals surface area contributed by atoms with Gasteiger partial charge in [0.25, 0.3) is 0 Å². The largest absolute Gasteiger partial charge is 0.356 e. The summed E-state index contributed by atoms with van der Waals surface area (Å²) in [4.78, 5) is 22.8. The van der Waals surface area contributed by atoms with E-state index in [0.717, 1.165) is 64.3 Å². The molecule has 2 aliphatic rings. The van der Waals surface area contributed by atoms with Crippen molar-refractivity contribution in [1.82, 2.24) is 14.8 Å². The highest BCUT2D eigenvalue weighted by Crippen LogP contribution is 2.54. The third-order valence-electron chi connectivity index (χ3n) is 9.47. The fourth-order valence-corrected chi connectivity index (χ4v) is 7.26. The average molecular weight is 486 g/mol. The van der Waals surface area contributed by atoms with Gasteiger partial charge in [0.05, 0.1) is 5.54 Å². The highest BCUT2D eigenvalue weighted by atomic mass is 16.2. The maximum atomic E-state index is 14.2. The summed E-state index contributed by atoms with van der Waals surface area (Å²) in [5.41, 5.74) is 5.10. The Labute approximate surface area is 217 Å². The number of hydrogen-bond acceptors (Lipinski definition) is 2. The Morgan fingerprint density at radius 3 is 2.36 bits per heavy atom. The van der Waals surface area contributed by atoms with Crippen LogP contribution in [0.15, 0.2) is 54.6 Å². The molecule has 0 radical (unpaired) electrons. The number of hydrogen-bond donors (Lipinski definition) is 1. The Morgan fingerprint density at radius 1 is 1.00 bits per heavy atom. The fraction of sp³-hybridized carbons (Fsp3) is 0.531. The van der Waals surface area contributed by atoms with E-state index in [1.807, 2.05) is 0 Å². The van der Waals surface area contributed by atoms with Gasteiger partial charge in [-0.15, -0.1) is 0 Å². The standard InChI is InChI=1S/C32H43N3O/c1-5-7-13-24(6-2)30(36)35-23-18-27-26-16-11-12-17-28(26)33-29(27)32(35)21-19-31(20-22-32,34(3)4)25-14-9-8-10-15-25/h8-12,14-17,24,33H,5-7,13,18-23H2,1-4H3. The molecule has 1 unspecified atom stereocenters. The van der Waals surface area contributed by atoms with Crippen molar-refractivity contribution in [3.8, 4) is 0 Å². The van der Waals surface area contributed by atoms with Crippen LogP contribution in [-0.2, 0) is 22.3 Å². The van der Waals surface area contributed by atoms with Crippen molar-refractivity contribution in [2.24, 2.45) is 5.92 Å². The van der Waals surface area contributed by atoms with Crippen LogP contribution in [0.25, 0.3) is 10.9 Å². The van der Waals surface area contributed by atoms with E-state index in [-0.39, 0.29) is 17.0 Å². The number of carbonyl (C=O) groups is 1. The maximum Gasteiger partial charge on any atom is 0.226 e. The predicted octanol–water partition coefficient (Wildman–Crippen LogP) is 7.00. The molecule has 3 aromatic rings. The Balaban J connectivity index is 1.58. The lowest BCUT2D eigenvalue weighted by atomic mass is 9.65. The Hall–Kier alpha value is -2.59. The molecule has 36 heavy (non-hydrogen) atoms. The molecule has 4 heteroatoms. The minimum atomic E-state index is -0.252. The molecule has 1 aliphatic heterocycles. The number of H-pyrrole nitrogens is 1. The zero-order valence-corrected chi connectivity index (χ0v) is 22.6. The molecule has 0 saturated heterocycles. The molecule has 4 nitrogen and oxygen atoms in total. The van der Waals surface area contributed by atoms with Crippen molar-refractivity contribution < 1.29 is 4.79 Å². The van der Waals surface area contributed by atoms with Gasteiger partial charge < -0.3 is 9.88 Å². The molecule has 1 aromatic heterocycles. The summed E-state index contributed by atoms with van der Waals surface area (Å²) in [6, 6.07) is 19.7. The first-order chi connectivity index (χ1) is 17.5. The van der Waals surface area contributed by atoms with Crippen LogP contribution in [0.2, 0.25) is 0 Å². The number of benzene rings is 2. The van der Waals surface area contributed by atoms with Gasteiger partial charge in [0.1, 0.15) is 0 Å².